The molecule has 2 rings (SSSR count). The van der Waals surface area contributed by atoms with Crippen LogP contribution in [0.4, 0.5) is 11.4 Å². The van der Waals surface area contributed by atoms with Crippen LogP contribution in [0.5, 0.6) is 0 Å². The number of amides is 1. The number of nitrogens with one attached hydrogen (secondary N) is 2. The maximum absolute atomic E-state index is 12.2. The molecular formula is C13H14N4O3S. The van der Waals surface area contributed by atoms with Crippen molar-refractivity contribution in [3.63, 3.8) is 0 Å². The summed E-state index contributed by atoms with van der Waals surface area (Å²) in [7, 11) is 1.68. The van der Waals surface area contributed by atoms with Crippen LogP contribution in [0.2, 0.25) is 0 Å². The first-order valence-corrected chi connectivity index (χ1v) is 7.04. The van der Waals surface area contributed by atoms with Crippen molar-refractivity contribution in [3.8, 4) is 0 Å². The van der Waals surface area contributed by atoms with E-state index < -0.39 is 10.8 Å². The summed E-state index contributed by atoms with van der Waals surface area (Å²) in [5, 5.41) is 16.6. The number of nitro benzene ring substituents is 1. The maximum Gasteiger partial charge on any atom is 0.282 e. The van der Waals surface area contributed by atoms with E-state index in [1.54, 1.807) is 18.6 Å². The van der Waals surface area contributed by atoms with Crippen LogP contribution < -0.4 is 10.6 Å². The number of anilines is 1. The van der Waals surface area contributed by atoms with E-state index in [4.69, 9.17) is 0 Å². The Bertz CT molecular complexity index is 684. The molecule has 0 unspecified atom stereocenters. The molecule has 0 fully saturated rings. The molecule has 110 valence electrons. The van der Waals surface area contributed by atoms with E-state index in [1.807, 2.05) is 6.92 Å². The fourth-order valence-corrected chi connectivity index (χ4v) is 2.50. The molecule has 0 spiro atoms. The van der Waals surface area contributed by atoms with Crippen LogP contribution in [0.15, 0.2) is 23.7 Å². The van der Waals surface area contributed by atoms with Crippen molar-refractivity contribution < 1.29 is 9.72 Å². The molecule has 7 nitrogen and oxygen atoms in total. The Morgan fingerprint density at radius 1 is 1.48 bits per heavy atom. The van der Waals surface area contributed by atoms with E-state index in [1.165, 1.54) is 23.5 Å². The second-order valence-electron chi connectivity index (χ2n) is 4.28. The number of thiazole rings is 1. The van der Waals surface area contributed by atoms with Gasteiger partial charge in [-0.3, -0.25) is 14.9 Å². The summed E-state index contributed by atoms with van der Waals surface area (Å²) < 4.78 is 0. The smallest absolute Gasteiger partial charge is 0.282 e. The highest BCUT2D eigenvalue weighted by Crippen LogP contribution is 2.22. The molecule has 0 bridgehead atoms. The van der Waals surface area contributed by atoms with Gasteiger partial charge in [0, 0.05) is 23.7 Å². The van der Waals surface area contributed by atoms with E-state index >= 15 is 0 Å². The standard InChI is InChI=1S/C13H14N4O3S/c1-8-12(21-7-16-8)6-15-13(18)10-5-9(14-2)3-4-11(10)17(19)20/h3-5,7,14H,6H2,1-2H3,(H,15,18). The van der Waals surface area contributed by atoms with Crippen molar-refractivity contribution in [1.82, 2.24) is 10.3 Å². The molecule has 0 atom stereocenters. The zero-order valence-corrected chi connectivity index (χ0v) is 12.4. The van der Waals surface area contributed by atoms with Gasteiger partial charge in [-0.15, -0.1) is 11.3 Å². The number of carbonyl (C=O) groups excluding carboxylic acids is 1. The second-order valence-corrected chi connectivity index (χ2v) is 5.22. The molecule has 2 N–H and O–H groups in total. The highest BCUT2D eigenvalue weighted by atomic mass is 32.1. The average molecular weight is 306 g/mol. The summed E-state index contributed by atoms with van der Waals surface area (Å²) in [5.41, 5.74) is 3.00. The lowest BCUT2D eigenvalue weighted by Crippen LogP contribution is -2.23. The molecule has 0 radical (unpaired) electrons. The van der Waals surface area contributed by atoms with Gasteiger partial charge in [-0.1, -0.05) is 0 Å². The first-order valence-electron chi connectivity index (χ1n) is 6.16. The van der Waals surface area contributed by atoms with Crippen LogP contribution >= 0.6 is 11.3 Å². The number of hydrogen-bond acceptors (Lipinski definition) is 6. The minimum absolute atomic E-state index is 0.0361. The summed E-state index contributed by atoms with van der Waals surface area (Å²) >= 11 is 1.43. The first-order chi connectivity index (χ1) is 10.0. The molecule has 1 aromatic carbocycles. The predicted molar refractivity (Wildman–Crippen MR) is 80.7 cm³/mol. The number of nitro groups is 1. The SMILES string of the molecule is CNc1ccc([N+](=O)[O-])c(C(=O)NCc2scnc2C)c1. The monoisotopic (exact) mass is 306 g/mol. The van der Waals surface area contributed by atoms with Gasteiger partial charge in [-0.2, -0.15) is 0 Å². The van der Waals surface area contributed by atoms with Gasteiger partial charge >= 0.3 is 0 Å². The molecule has 0 saturated heterocycles. The van der Waals surface area contributed by atoms with Crippen LogP contribution in [0.25, 0.3) is 0 Å². The number of rotatable bonds is 5. The lowest BCUT2D eigenvalue weighted by Gasteiger charge is -2.07. The van der Waals surface area contributed by atoms with Crippen molar-refractivity contribution in [3.05, 3.63) is 50.0 Å². The van der Waals surface area contributed by atoms with Crippen molar-refractivity contribution in [1.29, 1.82) is 0 Å². The molecule has 0 saturated carbocycles. The largest absolute Gasteiger partial charge is 0.388 e. The van der Waals surface area contributed by atoms with Gasteiger partial charge in [-0.25, -0.2) is 4.98 Å². The Labute approximate surface area is 125 Å². The molecule has 8 heteroatoms. The second kappa shape index (κ2) is 6.31. The molecule has 2 aromatic rings. The van der Waals surface area contributed by atoms with E-state index in [0.717, 1.165) is 10.6 Å². The van der Waals surface area contributed by atoms with Gasteiger partial charge in [0.15, 0.2) is 0 Å². The topological polar surface area (TPSA) is 97.2 Å². The van der Waals surface area contributed by atoms with Gasteiger partial charge in [-0.05, 0) is 19.1 Å². The predicted octanol–water partition coefficient (Wildman–Crippen LogP) is 2.33. The maximum atomic E-state index is 12.2. The Hall–Kier alpha value is -2.48. The molecule has 1 aromatic heterocycles. The molecule has 1 heterocycles. The summed E-state index contributed by atoms with van der Waals surface area (Å²) in [5.74, 6) is -0.480. The van der Waals surface area contributed by atoms with Gasteiger partial charge in [0.25, 0.3) is 11.6 Å². The quantitative estimate of drug-likeness (QED) is 0.652. The molecular weight excluding hydrogens is 292 g/mol. The Morgan fingerprint density at radius 2 is 2.24 bits per heavy atom. The summed E-state index contributed by atoms with van der Waals surface area (Å²) in [6.07, 6.45) is 0. The van der Waals surface area contributed by atoms with Crippen molar-refractivity contribution in [2.75, 3.05) is 12.4 Å². The molecule has 0 aliphatic rings. The highest BCUT2D eigenvalue weighted by molar-refractivity contribution is 7.09. The first kappa shape index (κ1) is 14.9. The van der Waals surface area contributed by atoms with Crippen LogP contribution in [0, 0.1) is 17.0 Å². The minimum Gasteiger partial charge on any atom is -0.388 e. The van der Waals surface area contributed by atoms with Gasteiger partial charge in [0.05, 0.1) is 22.7 Å². The Balaban J connectivity index is 2.21. The zero-order valence-electron chi connectivity index (χ0n) is 11.5. The van der Waals surface area contributed by atoms with Crippen LogP contribution in [0.3, 0.4) is 0 Å². The number of nitrogens with zero attached hydrogens (tertiary/aromatic N) is 2. The van der Waals surface area contributed by atoms with Crippen molar-refractivity contribution in [2.45, 2.75) is 13.5 Å². The molecule has 0 aliphatic heterocycles. The minimum atomic E-state index is -0.563. The Kier molecular flexibility index (Phi) is 4.49. The van der Waals surface area contributed by atoms with Gasteiger partial charge in [0.1, 0.15) is 5.56 Å². The van der Waals surface area contributed by atoms with Crippen molar-refractivity contribution in [2.24, 2.45) is 0 Å². The lowest BCUT2D eigenvalue weighted by atomic mass is 10.1. The third-order valence-corrected chi connectivity index (χ3v) is 3.92. The van der Waals surface area contributed by atoms with Gasteiger partial charge < -0.3 is 10.6 Å². The Morgan fingerprint density at radius 3 is 2.81 bits per heavy atom. The lowest BCUT2D eigenvalue weighted by molar-refractivity contribution is -0.385. The van der Waals surface area contributed by atoms with E-state index in [2.05, 4.69) is 15.6 Å². The number of hydrogen-bond donors (Lipinski definition) is 2. The van der Waals surface area contributed by atoms with Crippen LogP contribution in [0.1, 0.15) is 20.9 Å². The van der Waals surface area contributed by atoms with E-state index in [0.29, 0.717) is 12.2 Å². The number of aromatic nitrogens is 1. The van der Waals surface area contributed by atoms with E-state index in [9.17, 15) is 14.9 Å². The van der Waals surface area contributed by atoms with Crippen molar-refractivity contribution >= 4 is 28.6 Å². The molecule has 1 amide bonds. The highest BCUT2D eigenvalue weighted by Gasteiger charge is 2.20. The fraction of sp³-hybridized carbons (Fsp3) is 0.231. The number of carbonyl (C=O) groups is 1. The zero-order chi connectivity index (χ0) is 15.4. The normalized spacial score (nSPS) is 10.2. The molecule has 21 heavy (non-hydrogen) atoms. The van der Waals surface area contributed by atoms with Crippen LogP contribution in [-0.4, -0.2) is 22.9 Å². The summed E-state index contributed by atoms with van der Waals surface area (Å²) in [4.78, 5) is 27.6. The number of aryl methyl sites for hydroxylation is 1. The molecule has 0 aliphatic carbocycles. The van der Waals surface area contributed by atoms with Gasteiger partial charge in [0.2, 0.25) is 0 Å². The number of benzene rings is 1. The van der Waals surface area contributed by atoms with Crippen LogP contribution in [-0.2, 0) is 6.54 Å². The summed E-state index contributed by atoms with van der Waals surface area (Å²) in [6.45, 7) is 2.15. The third kappa shape index (κ3) is 3.34. The fourth-order valence-electron chi connectivity index (χ4n) is 1.78. The third-order valence-electron chi connectivity index (χ3n) is 2.98. The van der Waals surface area contributed by atoms with E-state index in [-0.39, 0.29) is 11.3 Å². The summed E-state index contributed by atoms with van der Waals surface area (Å²) in [6, 6.07) is 4.34. The average Bonchev–Trinajstić information content (AvgIpc) is 2.89.